The Morgan fingerprint density at radius 3 is 2.35 bits per heavy atom. The molecular weight excluding hydrogens is 426 g/mol. The molecule has 2 N–H and O–H groups in total. The number of hydrogen-bond donors (Lipinski definition) is 1. The van der Waals surface area contributed by atoms with Crippen molar-refractivity contribution in [2.24, 2.45) is 0 Å². The monoisotopic (exact) mass is 457 g/mol. The van der Waals surface area contributed by atoms with E-state index < -0.39 is 0 Å². The Labute approximate surface area is 200 Å². The number of hydrogen-bond acceptors (Lipinski definition) is 5. The molecule has 0 amide bonds. The summed E-state index contributed by atoms with van der Waals surface area (Å²) >= 11 is 0. The molecule has 1 heterocycles. The van der Waals surface area contributed by atoms with E-state index >= 15 is 0 Å². The van der Waals surface area contributed by atoms with E-state index in [9.17, 15) is 4.79 Å². The van der Waals surface area contributed by atoms with Gasteiger partial charge < -0.3 is 15.2 Å². The van der Waals surface area contributed by atoms with E-state index in [0.29, 0.717) is 24.5 Å². The van der Waals surface area contributed by atoms with Crippen molar-refractivity contribution in [2.45, 2.75) is 45.6 Å². The number of esters is 1. The van der Waals surface area contributed by atoms with Crippen molar-refractivity contribution >= 4 is 22.7 Å². The third-order valence-electron chi connectivity index (χ3n) is 5.51. The Kier molecular flexibility index (Phi) is 7.48. The molecule has 0 atom stereocenters. The molecule has 34 heavy (non-hydrogen) atoms. The Hall–Kier alpha value is -3.80. The number of aromatic nitrogens is 2. The second kappa shape index (κ2) is 10.9. The van der Waals surface area contributed by atoms with Crippen LogP contribution in [0.1, 0.15) is 39.5 Å². The summed E-state index contributed by atoms with van der Waals surface area (Å²) in [7, 11) is 0. The lowest BCUT2D eigenvalue weighted by Gasteiger charge is -2.13. The number of rotatable bonds is 10. The summed E-state index contributed by atoms with van der Waals surface area (Å²) in [6, 6.07) is 24.0. The van der Waals surface area contributed by atoms with Gasteiger partial charge in [-0.1, -0.05) is 48.5 Å². The number of para-hydroxylation sites is 1. The van der Waals surface area contributed by atoms with Crippen LogP contribution in [-0.4, -0.2) is 28.2 Å². The molecule has 1 aromatic heterocycles. The van der Waals surface area contributed by atoms with Crippen LogP contribution in [0.2, 0.25) is 0 Å². The molecule has 0 bridgehead atoms. The molecule has 0 unspecified atom stereocenters. The van der Waals surface area contributed by atoms with Crippen LogP contribution in [0.15, 0.2) is 72.8 Å². The van der Waals surface area contributed by atoms with E-state index in [0.717, 1.165) is 47.4 Å². The van der Waals surface area contributed by atoms with Crippen molar-refractivity contribution in [2.75, 3.05) is 12.3 Å². The van der Waals surface area contributed by atoms with Gasteiger partial charge in [0, 0.05) is 17.7 Å². The van der Waals surface area contributed by atoms with Gasteiger partial charge in [0.05, 0.1) is 18.2 Å². The first-order valence-corrected chi connectivity index (χ1v) is 11.8. The smallest absolute Gasteiger partial charge is 0.306 e. The number of carbonyl (C=O) groups excluding carboxylic acids is 1. The summed E-state index contributed by atoms with van der Waals surface area (Å²) in [5.74, 6) is 1.33. The molecule has 0 saturated carbocycles. The Morgan fingerprint density at radius 2 is 1.65 bits per heavy atom. The third-order valence-corrected chi connectivity index (χ3v) is 5.51. The average molecular weight is 458 g/mol. The number of unbranched alkanes of at least 4 members (excludes halogenated alkanes) is 2. The molecule has 0 aliphatic carbocycles. The van der Waals surface area contributed by atoms with Gasteiger partial charge in [-0.2, -0.15) is 0 Å². The highest BCUT2D eigenvalue weighted by Gasteiger charge is 2.18. The van der Waals surface area contributed by atoms with Crippen molar-refractivity contribution in [3.63, 3.8) is 0 Å². The van der Waals surface area contributed by atoms with E-state index in [4.69, 9.17) is 20.2 Å². The minimum absolute atomic E-state index is 0.0690. The van der Waals surface area contributed by atoms with Crippen molar-refractivity contribution < 1.29 is 14.3 Å². The topological polar surface area (TPSA) is 79.4 Å². The fourth-order valence-corrected chi connectivity index (χ4v) is 3.96. The summed E-state index contributed by atoms with van der Waals surface area (Å²) in [6.45, 7) is 4.25. The van der Waals surface area contributed by atoms with E-state index in [1.54, 1.807) is 0 Å². The van der Waals surface area contributed by atoms with Crippen LogP contribution in [0, 0.1) is 0 Å². The van der Waals surface area contributed by atoms with E-state index in [-0.39, 0.29) is 12.1 Å². The lowest BCUT2D eigenvalue weighted by atomic mass is 10.2. The first-order chi connectivity index (χ1) is 16.5. The molecule has 4 rings (SSSR count). The van der Waals surface area contributed by atoms with Gasteiger partial charge in [-0.25, -0.2) is 4.98 Å². The largest absolute Gasteiger partial charge is 0.491 e. The van der Waals surface area contributed by atoms with E-state index in [1.807, 2.05) is 86.6 Å². The van der Waals surface area contributed by atoms with Gasteiger partial charge in [0.1, 0.15) is 22.8 Å². The SMILES string of the molecule is CC(C)OC(=O)CCCCCOc1ccc2nc(-c3ccccc3)n(-c3ccccc3)c2c1N. The van der Waals surface area contributed by atoms with Crippen molar-refractivity contribution in [3.8, 4) is 22.8 Å². The van der Waals surface area contributed by atoms with Crippen molar-refractivity contribution in [3.05, 3.63) is 72.8 Å². The molecular formula is C28H31N3O3. The molecule has 0 aliphatic rings. The first kappa shape index (κ1) is 23.4. The van der Waals surface area contributed by atoms with Gasteiger partial charge in [0.2, 0.25) is 0 Å². The van der Waals surface area contributed by atoms with Gasteiger partial charge in [0.25, 0.3) is 0 Å². The van der Waals surface area contributed by atoms with Gasteiger partial charge in [-0.3, -0.25) is 9.36 Å². The Bertz CT molecular complexity index is 1230. The minimum Gasteiger partial charge on any atom is -0.491 e. The van der Waals surface area contributed by atoms with Crippen LogP contribution in [0.3, 0.4) is 0 Å². The second-order valence-electron chi connectivity index (χ2n) is 8.52. The molecule has 176 valence electrons. The van der Waals surface area contributed by atoms with Crippen LogP contribution in [0.4, 0.5) is 5.69 Å². The van der Waals surface area contributed by atoms with Crippen molar-refractivity contribution in [1.29, 1.82) is 0 Å². The van der Waals surface area contributed by atoms with Crippen LogP contribution in [0.5, 0.6) is 5.75 Å². The number of nitrogen functional groups attached to an aromatic ring is 1. The number of anilines is 1. The normalized spacial score (nSPS) is 11.1. The minimum atomic E-state index is -0.144. The highest BCUT2D eigenvalue weighted by atomic mass is 16.5. The zero-order valence-electron chi connectivity index (χ0n) is 19.7. The summed E-state index contributed by atoms with van der Waals surface area (Å²) in [4.78, 5) is 16.6. The van der Waals surface area contributed by atoms with Crippen LogP contribution in [-0.2, 0) is 9.53 Å². The maximum Gasteiger partial charge on any atom is 0.306 e. The van der Waals surface area contributed by atoms with Crippen LogP contribution < -0.4 is 10.5 Å². The number of nitrogens with zero attached hydrogens (tertiary/aromatic N) is 2. The zero-order valence-corrected chi connectivity index (χ0v) is 19.7. The summed E-state index contributed by atoms with van der Waals surface area (Å²) in [5.41, 5.74) is 10.8. The second-order valence-corrected chi connectivity index (χ2v) is 8.52. The number of nitrogens with two attached hydrogens (primary N) is 1. The molecule has 0 radical (unpaired) electrons. The number of imidazole rings is 1. The third kappa shape index (κ3) is 5.39. The highest BCUT2D eigenvalue weighted by molar-refractivity contribution is 5.95. The number of fused-ring (bicyclic) bond motifs is 1. The summed E-state index contributed by atoms with van der Waals surface area (Å²) in [5, 5.41) is 0. The predicted octanol–water partition coefficient (Wildman–Crippen LogP) is 6.17. The maximum absolute atomic E-state index is 11.7. The molecule has 0 aliphatic heterocycles. The highest BCUT2D eigenvalue weighted by Crippen LogP contribution is 2.36. The maximum atomic E-state index is 11.7. The average Bonchev–Trinajstić information content (AvgIpc) is 3.24. The van der Waals surface area contributed by atoms with Crippen LogP contribution in [0.25, 0.3) is 28.1 Å². The molecule has 0 saturated heterocycles. The standard InChI is InChI=1S/C28H31N3O3/c1-20(2)34-25(32)16-10-5-11-19-33-24-18-17-23-27(26(24)29)31(22-14-8-4-9-15-22)28(30-23)21-12-6-3-7-13-21/h3-4,6-9,12-15,17-18,20H,5,10-11,16,19,29H2,1-2H3. The van der Waals surface area contributed by atoms with Gasteiger partial charge in [-0.15, -0.1) is 0 Å². The predicted molar refractivity (Wildman–Crippen MR) is 136 cm³/mol. The Morgan fingerprint density at radius 1 is 0.941 bits per heavy atom. The quantitative estimate of drug-likeness (QED) is 0.175. The fraction of sp³-hybridized carbons (Fsp3) is 0.286. The zero-order chi connectivity index (χ0) is 23.9. The molecule has 0 fully saturated rings. The van der Waals surface area contributed by atoms with E-state index in [2.05, 4.69) is 4.57 Å². The molecule has 3 aromatic carbocycles. The van der Waals surface area contributed by atoms with Crippen LogP contribution >= 0.6 is 0 Å². The molecule has 4 aromatic rings. The Balaban J connectivity index is 1.53. The van der Waals surface area contributed by atoms with Gasteiger partial charge in [0.15, 0.2) is 0 Å². The van der Waals surface area contributed by atoms with Gasteiger partial charge in [-0.05, 0) is 57.4 Å². The van der Waals surface area contributed by atoms with Crippen molar-refractivity contribution in [1.82, 2.24) is 9.55 Å². The fourth-order valence-electron chi connectivity index (χ4n) is 3.96. The lowest BCUT2D eigenvalue weighted by Crippen LogP contribution is -2.11. The summed E-state index contributed by atoms with van der Waals surface area (Å²) in [6.07, 6.45) is 2.87. The lowest BCUT2D eigenvalue weighted by molar-refractivity contribution is -0.147. The molecule has 0 spiro atoms. The number of carbonyl (C=O) groups is 1. The molecule has 6 heteroatoms. The van der Waals surface area contributed by atoms with Gasteiger partial charge >= 0.3 is 5.97 Å². The first-order valence-electron chi connectivity index (χ1n) is 11.8. The summed E-state index contributed by atoms with van der Waals surface area (Å²) < 4.78 is 13.3. The number of benzene rings is 3. The molecule has 6 nitrogen and oxygen atoms in total. The number of ether oxygens (including phenoxy) is 2. The van der Waals surface area contributed by atoms with E-state index in [1.165, 1.54) is 0 Å².